The van der Waals surface area contributed by atoms with Crippen LogP contribution in [0.4, 0.5) is 5.69 Å². The van der Waals surface area contributed by atoms with Crippen molar-refractivity contribution < 1.29 is 23.9 Å². The van der Waals surface area contributed by atoms with Gasteiger partial charge in [0.2, 0.25) is 11.8 Å². The number of hydrogen-bond donors (Lipinski definition) is 2. The molecule has 2 aromatic rings. The Kier molecular flexibility index (Phi) is 5.56. The third-order valence-electron chi connectivity index (χ3n) is 5.26. The normalized spacial score (nSPS) is 17.6. The lowest BCUT2D eigenvalue weighted by Gasteiger charge is -2.22. The number of fused-ring (bicyclic) bond motifs is 1. The maximum atomic E-state index is 12.5. The van der Waals surface area contributed by atoms with E-state index in [1.807, 2.05) is 19.1 Å². The summed E-state index contributed by atoms with van der Waals surface area (Å²) in [7, 11) is 0. The van der Waals surface area contributed by atoms with Crippen LogP contribution in [0.3, 0.4) is 0 Å². The minimum absolute atomic E-state index is 0.0708. The molecular formula is C22H23N3O5. The van der Waals surface area contributed by atoms with E-state index in [4.69, 9.17) is 9.47 Å². The largest absolute Gasteiger partial charge is 0.486 e. The van der Waals surface area contributed by atoms with Gasteiger partial charge >= 0.3 is 0 Å². The number of benzene rings is 2. The zero-order valence-corrected chi connectivity index (χ0v) is 16.6. The first-order valence-corrected chi connectivity index (χ1v) is 9.94. The average molecular weight is 409 g/mol. The lowest BCUT2D eigenvalue weighted by molar-refractivity contribution is -0.126. The number of hydrogen-bond acceptors (Lipinski definition) is 5. The van der Waals surface area contributed by atoms with E-state index in [1.54, 1.807) is 35.2 Å². The van der Waals surface area contributed by atoms with Crippen LogP contribution in [0.15, 0.2) is 42.5 Å². The fraction of sp³-hybridized carbons (Fsp3) is 0.318. The Morgan fingerprint density at radius 2 is 1.77 bits per heavy atom. The van der Waals surface area contributed by atoms with E-state index in [1.165, 1.54) is 0 Å². The van der Waals surface area contributed by atoms with E-state index in [-0.39, 0.29) is 18.9 Å². The summed E-state index contributed by atoms with van der Waals surface area (Å²) in [5, 5.41) is 0. The molecular weight excluding hydrogens is 386 g/mol. The summed E-state index contributed by atoms with van der Waals surface area (Å²) in [6.45, 7) is 3.21. The SMILES string of the molecule is CCc1ccc(C(=O)NNC(=O)[C@@H]2CC(=O)N(c3ccc4c(c3)OCCO4)C2)cc1. The summed E-state index contributed by atoms with van der Waals surface area (Å²) in [4.78, 5) is 38.7. The van der Waals surface area contributed by atoms with Crippen LogP contribution >= 0.6 is 0 Å². The minimum atomic E-state index is -0.562. The summed E-state index contributed by atoms with van der Waals surface area (Å²) < 4.78 is 11.1. The molecule has 4 rings (SSSR count). The first kappa shape index (κ1) is 19.8. The number of aryl methyl sites for hydroxylation is 1. The maximum absolute atomic E-state index is 12.5. The van der Waals surface area contributed by atoms with Crippen LogP contribution in [0.5, 0.6) is 11.5 Å². The van der Waals surface area contributed by atoms with Crippen molar-refractivity contribution in [1.82, 2.24) is 10.9 Å². The molecule has 8 heteroatoms. The predicted octanol–water partition coefficient (Wildman–Crippen LogP) is 1.83. The van der Waals surface area contributed by atoms with E-state index in [2.05, 4.69) is 10.9 Å². The molecule has 1 saturated heterocycles. The lowest BCUT2D eigenvalue weighted by Crippen LogP contribution is -2.45. The van der Waals surface area contributed by atoms with Crippen LogP contribution in [0, 0.1) is 5.92 Å². The Morgan fingerprint density at radius 1 is 1.03 bits per heavy atom. The molecule has 1 fully saturated rings. The van der Waals surface area contributed by atoms with Crippen LogP contribution in [0.2, 0.25) is 0 Å². The molecule has 0 spiro atoms. The standard InChI is InChI=1S/C22H23N3O5/c1-2-14-3-5-15(6-4-14)21(27)23-24-22(28)16-11-20(26)25(13-16)17-7-8-18-19(12-17)30-10-9-29-18/h3-8,12,16H,2,9-11,13H2,1H3,(H,23,27)(H,24,28)/t16-/m1/s1. The van der Waals surface area contributed by atoms with Gasteiger partial charge in [-0.15, -0.1) is 0 Å². The zero-order chi connectivity index (χ0) is 21.1. The lowest BCUT2D eigenvalue weighted by atomic mass is 10.1. The van der Waals surface area contributed by atoms with Gasteiger partial charge < -0.3 is 14.4 Å². The van der Waals surface area contributed by atoms with E-state index in [0.717, 1.165) is 12.0 Å². The van der Waals surface area contributed by atoms with Gasteiger partial charge in [0.1, 0.15) is 13.2 Å². The second-order valence-corrected chi connectivity index (χ2v) is 7.23. The van der Waals surface area contributed by atoms with Gasteiger partial charge in [-0.1, -0.05) is 19.1 Å². The molecule has 2 aliphatic heterocycles. The number of nitrogens with one attached hydrogen (secondary N) is 2. The zero-order valence-electron chi connectivity index (χ0n) is 16.6. The second-order valence-electron chi connectivity index (χ2n) is 7.23. The molecule has 0 radical (unpaired) electrons. The summed E-state index contributed by atoms with van der Waals surface area (Å²) in [6.07, 6.45) is 0.954. The van der Waals surface area contributed by atoms with Crippen LogP contribution in [0.25, 0.3) is 0 Å². The fourth-order valence-electron chi connectivity index (χ4n) is 3.52. The number of hydrazine groups is 1. The molecule has 0 bridgehead atoms. The molecule has 30 heavy (non-hydrogen) atoms. The number of amides is 3. The van der Waals surface area contributed by atoms with Crippen molar-refractivity contribution in [3.05, 3.63) is 53.6 Å². The molecule has 3 amide bonds. The predicted molar refractivity (Wildman–Crippen MR) is 109 cm³/mol. The molecule has 0 unspecified atom stereocenters. The van der Waals surface area contributed by atoms with Gasteiger partial charge in [-0.05, 0) is 36.2 Å². The van der Waals surface area contributed by atoms with Gasteiger partial charge in [-0.2, -0.15) is 0 Å². The van der Waals surface area contributed by atoms with Crippen LogP contribution < -0.4 is 25.2 Å². The number of anilines is 1. The monoisotopic (exact) mass is 409 g/mol. The first-order valence-electron chi connectivity index (χ1n) is 9.94. The number of carbonyl (C=O) groups excluding carboxylic acids is 3. The van der Waals surface area contributed by atoms with Gasteiger partial charge in [0.15, 0.2) is 11.5 Å². The topological polar surface area (TPSA) is 97.0 Å². The van der Waals surface area contributed by atoms with Crippen molar-refractivity contribution in [2.75, 3.05) is 24.7 Å². The first-order chi connectivity index (χ1) is 14.5. The van der Waals surface area contributed by atoms with E-state index in [0.29, 0.717) is 36.0 Å². The Morgan fingerprint density at radius 3 is 2.50 bits per heavy atom. The van der Waals surface area contributed by atoms with Crippen molar-refractivity contribution in [3.8, 4) is 11.5 Å². The molecule has 1 atom stereocenters. The number of carbonyl (C=O) groups is 3. The van der Waals surface area contributed by atoms with E-state index >= 15 is 0 Å². The third kappa shape index (κ3) is 4.07. The minimum Gasteiger partial charge on any atom is -0.486 e. The highest BCUT2D eigenvalue weighted by molar-refractivity contribution is 6.01. The smallest absolute Gasteiger partial charge is 0.269 e. The summed E-state index contributed by atoms with van der Waals surface area (Å²) in [5.74, 6) is -0.302. The van der Waals surface area contributed by atoms with Crippen molar-refractivity contribution in [2.45, 2.75) is 19.8 Å². The molecule has 0 aliphatic carbocycles. The third-order valence-corrected chi connectivity index (χ3v) is 5.26. The fourth-order valence-corrected chi connectivity index (χ4v) is 3.52. The molecule has 156 valence electrons. The molecule has 2 heterocycles. The number of ether oxygens (including phenoxy) is 2. The molecule has 0 saturated carbocycles. The van der Waals surface area contributed by atoms with Gasteiger partial charge in [-0.25, -0.2) is 0 Å². The summed E-state index contributed by atoms with van der Waals surface area (Å²) in [6, 6.07) is 12.4. The van der Waals surface area contributed by atoms with Gasteiger partial charge in [-0.3, -0.25) is 25.2 Å². The highest BCUT2D eigenvalue weighted by Gasteiger charge is 2.35. The Bertz CT molecular complexity index is 973. The van der Waals surface area contributed by atoms with E-state index in [9.17, 15) is 14.4 Å². The average Bonchev–Trinajstić information content (AvgIpc) is 3.18. The van der Waals surface area contributed by atoms with Gasteiger partial charge in [0, 0.05) is 30.3 Å². The maximum Gasteiger partial charge on any atom is 0.269 e. The van der Waals surface area contributed by atoms with E-state index < -0.39 is 17.7 Å². The quantitative estimate of drug-likeness (QED) is 0.751. The van der Waals surface area contributed by atoms with Crippen molar-refractivity contribution in [3.63, 3.8) is 0 Å². The Labute approximate surface area is 174 Å². The Hall–Kier alpha value is -3.55. The summed E-state index contributed by atoms with van der Waals surface area (Å²) in [5.41, 5.74) is 7.08. The van der Waals surface area contributed by atoms with Gasteiger partial charge in [0.25, 0.3) is 5.91 Å². The van der Waals surface area contributed by atoms with Crippen LogP contribution in [0.1, 0.15) is 29.3 Å². The van der Waals surface area contributed by atoms with Gasteiger partial charge in [0.05, 0.1) is 5.92 Å². The number of rotatable bonds is 4. The Balaban J connectivity index is 1.35. The molecule has 2 aromatic carbocycles. The van der Waals surface area contributed by atoms with Crippen molar-refractivity contribution in [2.24, 2.45) is 5.92 Å². The summed E-state index contributed by atoms with van der Waals surface area (Å²) >= 11 is 0. The van der Waals surface area contributed by atoms with Crippen molar-refractivity contribution in [1.29, 1.82) is 0 Å². The van der Waals surface area contributed by atoms with Crippen LogP contribution in [-0.2, 0) is 16.0 Å². The molecule has 2 N–H and O–H groups in total. The highest BCUT2D eigenvalue weighted by Crippen LogP contribution is 2.35. The van der Waals surface area contributed by atoms with Crippen LogP contribution in [-0.4, -0.2) is 37.5 Å². The highest BCUT2D eigenvalue weighted by atomic mass is 16.6. The number of nitrogens with zero attached hydrogens (tertiary/aromatic N) is 1. The second kappa shape index (κ2) is 8.44. The molecule has 2 aliphatic rings. The molecule has 8 nitrogen and oxygen atoms in total. The molecule has 0 aromatic heterocycles. The van der Waals surface area contributed by atoms with Crippen molar-refractivity contribution >= 4 is 23.4 Å².